The topological polar surface area (TPSA) is 119 Å². The minimum absolute atomic E-state index is 0.0917. The molecule has 0 aromatic heterocycles. The average molecular weight is 440 g/mol. The summed E-state index contributed by atoms with van der Waals surface area (Å²) in [5.74, 6) is -0.450. The molecule has 10 heteroatoms. The molecule has 1 heterocycles. The normalized spacial score (nSPS) is 19.8. The van der Waals surface area contributed by atoms with E-state index in [0.717, 1.165) is 57.4 Å². The van der Waals surface area contributed by atoms with Gasteiger partial charge in [0.25, 0.3) is 5.91 Å². The van der Waals surface area contributed by atoms with Gasteiger partial charge in [0, 0.05) is 25.2 Å². The van der Waals surface area contributed by atoms with Gasteiger partial charge in [0.05, 0.1) is 9.82 Å². The molecule has 1 aromatic rings. The van der Waals surface area contributed by atoms with E-state index in [1.165, 1.54) is 23.4 Å². The molecule has 1 saturated heterocycles. The number of benzene rings is 1. The predicted octanol–water partition coefficient (Wildman–Crippen LogP) is 2.99. The Morgan fingerprint density at radius 3 is 2.40 bits per heavy atom. The molecular weight excluding hydrogens is 410 g/mol. The number of sulfonamides is 1. The third-order valence-electron chi connectivity index (χ3n) is 5.70. The number of rotatable bonds is 7. The number of ether oxygens (including phenoxy) is 1. The predicted molar refractivity (Wildman–Crippen MR) is 111 cm³/mol. The first-order valence-corrected chi connectivity index (χ1v) is 12.0. The third-order valence-corrected chi connectivity index (χ3v) is 7.60. The summed E-state index contributed by atoms with van der Waals surface area (Å²) < 4.78 is 32.3. The molecule has 0 spiro atoms. The molecule has 9 nitrogen and oxygen atoms in total. The number of nitro groups is 1. The van der Waals surface area contributed by atoms with Gasteiger partial charge in [0.1, 0.15) is 0 Å². The van der Waals surface area contributed by atoms with Crippen molar-refractivity contribution in [1.82, 2.24) is 9.62 Å². The second-order valence-electron chi connectivity index (χ2n) is 7.95. The fraction of sp³-hybridized carbons (Fsp3) is 0.650. The Balaban J connectivity index is 1.73. The lowest BCUT2D eigenvalue weighted by Crippen LogP contribution is -2.42. The van der Waals surface area contributed by atoms with Crippen molar-refractivity contribution in [2.24, 2.45) is 0 Å². The molecule has 1 N–H and O–H groups in total. The minimum Gasteiger partial charge on any atom is -0.474 e. The number of hydrogen-bond donors (Lipinski definition) is 1. The van der Waals surface area contributed by atoms with Crippen molar-refractivity contribution in [3.05, 3.63) is 28.3 Å². The zero-order valence-electron chi connectivity index (χ0n) is 17.2. The first kappa shape index (κ1) is 22.5. The highest BCUT2D eigenvalue weighted by atomic mass is 32.2. The molecule has 1 aliphatic heterocycles. The number of nitrogens with zero attached hydrogens (tertiary/aromatic N) is 2. The van der Waals surface area contributed by atoms with Crippen molar-refractivity contribution < 1.29 is 22.9 Å². The summed E-state index contributed by atoms with van der Waals surface area (Å²) in [6, 6.07) is 3.66. The number of hydrogen-bond acceptors (Lipinski definition) is 6. The number of amides is 1. The lowest BCUT2D eigenvalue weighted by atomic mass is 10.1. The molecule has 0 radical (unpaired) electrons. The Kier molecular flexibility index (Phi) is 7.30. The van der Waals surface area contributed by atoms with Gasteiger partial charge < -0.3 is 10.1 Å². The first-order valence-electron chi connectivity index (χ1n) is 10.5. The van der Waals surface area contributed by atoms with Gasteiger partial charge >= 0.3 is 5.69 Å². The largest absolute Gasteiger partial charge is 0.474 e. The van der Waals surface area contributed by atoms with Crippen LogP contribution < -0.4 is 10.1 Å². The van der Waals surface area contributed by atoms with Crippen LogP contribution in [0.1, 0.15) is 58.3 Å². The quantitative estimate of drug-likeness (QED) is 0.396. The second-order valence-corrected chi connectivity index (χ2v) is 9.89. The van der Waals surface area contributed by atoms with Gasteiger partial charge in [-0.1, -0.05) is 25.7 Å². The summed E-state index contributed by atoms with van der Waals surface area (Å²) in [5.41, 5.74) is -0.468. The van der Waals surface area contributed by atoms with Crippen LogP contribution in [-0.2, 0) is 14.8 Å². The molecule has 1 aliphatic carbocycles. The number of nitrogens with one attached hydrogen (secondary N) is 1. The van der Waals surface area contributed by atoms with Crippen LogP contribution in [0.2, 0.25) is 0 Å². The van der Waals surface area contributed by atoms with Crippen molar-refractivity contribution >= 4 is 21.6 Å². The molecule has 1 aromatic carbocycles. The van der Waals surface area contributed by atoms with Gasteiger partial charge in [-0.25, -0.2) is 8.42 Å². The molecular formula is C20H29N3O6S. The molecule has 166 valence electrons. The smallest absolute Gasteiger partial charge is 0.312 e. The van der Waals surface area contributed by atoms with E-state index in [2.05, 4.69) is 5.32 Å². The number of carbonyl (C=O) groups excluding carboxylic acids is 1. The highest BCUT2D eigenvalue weighted by molar-refractivity contribution is 7.89. The maximum absolute atomic E-state index is 12.7. The fourth-order valence-electron chi connectivity index (χ4n) is 3.96. The van der Waals surface area contributed by atoms with E-state index in [0.29, 0.717) is 13.1 Å². The molecule has 2 fully saturated rings. The van der Waals surface area contributed by atoms with E-state index in [1.54, 1.807) is 0 Å². The summed E-state index contributed by atoms with van der Waals surface area (Å²) in [7, 11) is -3.78. The van der Waals surface area contributed by atoms with Crippen molar-refractivity contribution in [2.45, 2.75) is 75.3 Å². The number of nitro benzene ring substituents is 1. The van der Waals surface area contributed by atoms with Crippen LogP contribution in [0, 0.1) is 10.1 Å². The van der Waals surface area contributed by atoms with E-state index in [1.807, 2.05) is 0 Å². The van der Waals surface area contributed by atoms with E-state index < -0.39 is 26.7 Å². The van der Waals surface area contributed by atoms with Gasteiger partial charge in [-0.05, 0) is 44.7 Å². The molecule has 1 amide bonds. The van der Waals surface area contributed by atoms with E-state index in [4.69, 9.17) is 4.74 Å². The van der Waals surface area contributed by atoms with Crippen molar-refractivity contribution in [3.63, 3.8) is 0 Å². The zero-order valence-corrected chi connectivity index (χ0v) is 18.0. The molecule has 30 heavy (non-hydrogen) atoms. The summed E-state index contributed by atoms with van der Waals surface area (Å²) in [5, 5.41) is 14.5. The monoisotopic (exact) mass is 439 g/mol. The summed E-state index contributed by atoms with van der Waals surface area (Å²) in [4.78, 5) is 23.2. The SMILES string of the molecule is CC(Oc1ccc(S(=O)(=O)N2CCCC2)cc1[N+](=O)[O-])C(=O)NC1CCCCCC1. The standard InChI is InChI=1S/C20H29N3O6S/c1-15(20(24)21-16-8-4-2-3-5-9-16)29-19-11-10-17(14-18(19)23(25)26)30(27,28)22-12-6-7-13-22/h10-11,14-16H,2-9,12-13H2,1H3,(H,21,24). The molecule has 0 bridgehead atoms. The van der Waals surface area contributed by atoms with Crippen LogP contribution in [0.3, 0.4) is 0 Å². The summed E-state index contributed by atoms with van der Waals surface area (Å²) in [6.45, 7) is 2.35. The minimum atomic E-state index is -3.78. The van der Waals surface area contributed by atoms with Gasteiger partial charge in [-0.3, -0.25) is 14.9 Å². The lowest BCUT2D eigenvalue weighted by molar-refractivity contribution is -0.386. The zero-order chi connectivity index (χ0) is 21.7. The Labute approximate surface area is 177 Å². The van der Waals surface area contributed by atoms with Crippen LogP contribution in [0.25, 0.3) is 0 Å². The number of carbonyl (C=O) groups is 1. The van der Waals surface area contributed by atoms with Crippen molar-refractivity contribution in [1.29, 1.82) is 0 Å². The van der Waals surface area contributed by atoms with Gasteiger partial charge in [-0.15, -0.1) is 0 Å². The van der Waals surface area contributed by atoms with Gasteiger partial charge in [0.15, 0.2) is 11.9 Å². The van der Waals surface area contributed by atoms with Crippen LogP contribution in [0.5, 0.6) is 5.75 Å². The van der Waals surface area contributed by atoms with Gasteiger partial charge in [0.2, 0.25) is 10.0 Å². The second kappa shape index (κ2) is 9.74. The molecule has 1 saturated carbocycles. The fourth-order valence-corrected chi connectivity index (χ4v) is 5.50. The van der Waals surface area contributed by atoms with Gasteiger partial charge in [-0.2, -0.15) is 4.31 Å². The molecule has 3 rings (SSSR count). The van der Waals surface area contributed by atoms with Crippen LogP contribution in [0.4, 0.5) is 5.69 Å². The average Bonchev–Trinajstić information content (AvgIpc) is 3.15. The maximum atomic E-state index is 12.7. The van der Waals surface area contributed by atoms with Crippen LogP contribution in [-0.4, -0.2) is 48.8 Å². The van der Waals surface area contributed by atoms with Crippen molar-refractivity contribution in [3.8, 4) is 5.75 Å². The molecule has 2 aliphatic rings. The van der Waals surface area contributed by atoms with E-state index >= 15 is 0 Å². The Bertz CT molecular complexity index is 875. The maximum Gasteiger partial charge on any atom is 0.312 e. The van der Waals surface area contributed by atoms with Crippen molar-refractivity contribution in [2.75, 3.05) is 13.1 Å². The Morgan fingerprint density at radius 1 is 1.17 bits per heavy atom. The first-order chi connectivity index (χ1) is 14.3. The Morgan fingerprint density at radius 2 is 1.80 bits per heavy atom. The summed E-state index contributed by atoms with van der Waals surface area (Å²) >= 11 is 0. The molecule has 1 atom stereocenters. The molecule has 1 unspecified atom stereocenters. The third kappa shape index (κ3) is 5.28. The van der Waals surface area contributed by atoms with E-state index in [9.17, 15) is 23.3 Å². The lowest BCUT2D eigenvalue weighted by Gasteiger charge is -2.20. The van der Waals surface area contributed by atoms with E-state index in [-0.39, 0.29) is 22.6 Å². The Hall–Kier alpha value is -2.20. The van der Waals surface area contributed by atoms with Crippen LogP contribution in [0.15, 0.2) is 23.1 Å². The summed E-state index contributed by atoms with van der Waals surface area (Å²) in [6.07, 6.45) is 6.91. The highest BCUT2D eigenvalue weighted by Crippen LogP contribution is 2.32. The van der Waals surface area contributed by atoms with Crippen LogP contribution >= 0.6 is 0 Å². The highest BCUT2D eigenvalue weighted by Gasteiger charge is 2.31.